The van der Waals surface area contributed by atoms with Gasteiger partial charge in [0.1, 0.15) is 17.9 Å². The summed E-state index contributed by atoms with van der Waals surface area (Å²) in [6, 6.07) is 20.5. The fraction of sp³-hybridized carbons (Fsp3) is 0.0952. The second-order valence-corrected chi connectivity index (χ2v) is 6.71. The van der Waals surface area contributed by atoms with Crippen LogP contribution >= 0.6 is 0 Å². The van der Waals surface area contributed by atoms with Crippen LogP contribution < -0.4 is 4.90 Å². The van der Waals surface area contributed by atoms with Crippen LogP contribution in [0.25, 0.3) is 28.2 Å². The molecule has 0 spiro atoms. The number of aromatic nitrogens is 5. The quantitative estimate of drug-likeness (QED) is 0.546. The molecule has 134 valence electrons. The third kappa shape index (κ3) is 2.07. The molecule has 0 N–H and O–H groups in total. The van der Waals surface area contributed by atoms with Crippen molar-refractivity contribution >= 4 is 11.8 Å². The van der Waals surface area contributed by atoms with Gasteiger partial charge in [-0.25, -0.2) is 4.57 Å². The molecule has 0 aliphatic carbocycles. The van der Waals surface area contributed by atoms with Gasteiger partial charge >= 0.3 is 0 Å². The van der Waals surface area contributed by atoms with Crippen molar-refractivity contribution in [3.05, 3.63) is 72.6 Å². The number of rotatable bonds is 2. The van der Waals surface area contributed by atoms with Crippen molar-refractivity contribution in [3.63, 3.8) is 0 Å². The number of aliphatic imine (C=N–C) groups is 1. The molecule has 28 heavy (non-hydrogen) atoms. The van der Waals surface area contributed by atoms with Gasteiger partial charge in [0.05, 0.1) is 12.1 Å². The lowest BCUT2D eigenvalue weighted by molar-refractivity contribution is 0.866. The van der Waals surface area contributed by atoms with Gasteiger partial charge in [-0.1, -0.05) is 60.7 Å². The number of anilines is 1. The van der Waals surface area contributed by atoms with Gasteiger partial charge in [0.15, 0.2) is 5.82 Å². The highest BCUT2D eigenvalue weighted by Gasteiger charge is 2.36. The maximum absolute atomic E-state index is 4.79. The van der Waals surface area contributed by atoms with Gasteiger partial charge in [0, 0.05) is 17.7 Å². The summed E-state index contributed by atoms with van der Waals surface area (Å²) in [6.45, 7) is 1.50. The van der Waals surface area contributed by atoms with E-state index in [-0.39, 0.29) is 0 Å². The van der Waals surface area contributed by atoms with Crippen molar-refractivity contribution in [2.75, 3.05) is 18.0 Å². The fourth-order valence-corrected chi connectivity index (χ4v) is 3.91. The first-order valence-corrected chi connectivity index (χ1v) is 9.16. The Morgan fingerprint density at radius 1 is 0.750 bits per heavy atom. The number of hydrogen-bond donors (Lipinski definition) is 0. The zero-order chi connectivity index (χ0) is 18.5. The van der Waals surface area contributed by atoms with Crippen LogP contribution in [0.4, 0.5) is 5.95 Å². The van der Waals surface area contributed by atoms with Crippen molar-refractivity contribution in [1.29, 1.82) is 0 Å². The Kier molecular flexibility index (Phi) is 3.16. The molecule has 2 aliphatic rings. The molecule has 2 aromatic carbocycles. The topological polar surface area (TPSA) is 72.1 Å². The first kappa shape index (κ1) is 15.2. The largest absolute Gasteiger partial charge is 0.292 e. The molecule has 2 aromatic heterocycles. The molecule has 7 heteroatoms. The minimum atomic E-state index is 0.718. The Hall–Kier alpha value is -3.87. The van der Waals surface area contributed by atoms with E-state index < -0.39 is 0 Å². The first-order valence-electron chi connectivity index (χ1n) is 9.16. The molecular weight excluding hydrogens is 350 g/mol. The van der Waals surface area contributed by atoms with Crippen LogP contribution in [0.15, 0.2) is 72.0 Å². The predicted molar refractivity (Wildman–Crippen MR) is 107 cm³/mol. The van der Waals surface area contributed by atoms with E-state index in [0.717, 1.165) is 58.6 Å². The van der Waals surface area contributed by atoms with Gasteiger partial charge in [-0.3, -0.25) is 9.89 Å². The maximum atomic E-state index is 4.79. The molecule has 0 atom stereocenters. The average Bonchev–Trinajstić information content (AvgIpc) is 3.43. The summed E-state index contributed by atoms with van der Waals surface area (Å²) in [6.07, 6.45) is 1.69. The van der Waals surface area contributed by atoms with E-state index >= 15 is 0 Å². The molecule has 0 amide bonds. The summed E-state index contributed by atoms with van der Waals surface area (Å²) in [7, 11) is 0. The molecule has 4 aromatic rings. The molecule has 6 rings (SSSR count). The van der Waals surface area contributed by atoms with Crippen LogP contribution in [0.5, 0.6) is 0 Å². The van der Waals surface area contributed by atoms with Gasteiger partial charge in [-0.2, -0.15) is 0 Å². The monoisotopic (exact) mass is 365 g/mol. The predicted octanol–water partition coefficient (Wildman–Crippen LogP) is 2.97. The number of fused-ring (bicyclic) bond motifs is 6. The molecule has 0 saturated carbocycles. The zero-order valence-corrected chi connectivity index (χ0v) is 14.9. The molecule has 4 heterocycles. The number of hydrogen-bond acceptors (Lipinski definition) is 6. The third-order valence-electron chi connectivity index (χ3n) is 5.13. The normalized spacial score (nSPS) is 14.3. The second-order valence-electron chi connectivity index (χ2n) is 6.71. The minimum Gasteiger partial charge on any atom is -0.292 e. The molecular formula is C21H15N7. The van der Waals surface area contributed by atoms with Crippen LogP contribution in [0.2, 0.25) is 0 Å². The van der Waals surface area contributed by atoms with E-state index in [9.17, 15) is 0 Å². The summed E-state index contributed by atoms with van der Waals surface area (Å²) in [5, 5.41) is 17.6. The van der Waals surface area contributed by atoms with Crippen LogP contribution in [0.1, 0.15) is 5.56 Å². The smallest absolute Gasteiger partial charge is 0.238 e. The Labute approximate surface area is 161 Å². The number of nitrogens with zero attached hydrogens (tertiary/aromatic N) is 7. The fourth-order valence-electron chi connectivity index (χ4n) is 3.91. The van der Waals surface area contributed by atoms with Crippen LogP contribution in [-0.2, 0) is 0 Å². The van der Waals surface area contributed by atoms with Gasteiger partial charge < -0.3 is 0 Å². The summed E-state index contributed by atoms with van der Waals surface area (Å²) < 4.78 is 1.90. The Morgan fingerprint density at radius 3 is 2.29 bits per heavy atom. The van der Waals surface area contributed by atoms with E-state index in [2.05, 4.69) is 49.6 Å². The lowest BCUT2D eigenvalue weighted by Crippen LogP contribution is -2.36. The number of amidine groups is 1. The molecule has 0 bridgehead atoms. The summed E-state index contributed by atoms with van der Waals surface area (Å²) >= 11 is 0. The lowest BCUT2D eigenvalue weighted by atomic mass is 9.94. The molecule has 0 unspecified atom stereocenters. The van der Waals surface area contributed by atoms with Crippen LogP contribution in [0, 0.1) is 0 Å². The summed E-state index contributed by atoms with van der Waals surface area (Å²) in [5.41, 5.74) is 4.96. The van der Waals surface area contributed by atoms with Gasteiger partial charge in [0.2, 0.25) is 5.95 Å². The zero-order valence-electron chi connectivity index (χ0n) is 14.9. The maximum Gasteiger partial charge on any atom is 0.238 e. The SMILES string of the molecule is c1ccc(-c2nnc3c(c2-c2ccccc2)C2=NCCN2c2nncn2-3)cc1. The summed E-state index contributed by atoms with van der Waals surface area (Å²) in [5.74, 6) is 2.35. The second kappa shape index (κ2) is 5.82. The molecule has 0 radical (unpaired) electrons. The van der Waals surface area contributed by atoms with E-state index in [1.54, 1.807) is 6.33 Å². The van der Waals surface area contributed by atoms with Crippen molar-refractivity contribution in [1.82, 2.24) is 25.0 Å². The summed E-state index contributed by atoms with van der Waals surface area (Å²) in [4.78, 5) is 6.90. The average molecular weight is 365 g/mol. The van der Waals surface area contributed by atoms with Gasteiger partial charge in [-0.05, 0) is 5.56 Å². The minimum absolute atomic E-state index is 0.718. The van der Waals surface area contributed by atoms with Crippen molar-refractivity contribution in [2.45, 2.75) is 0 Å². The lowest BCUT2D eigenvalue weighted by Gasteiger charge is -2.28. The van der Waals surface area contributed by atoms with Crippen molar-refractivity contribution in [3.8, 4) is 28.2 Å². The first-order chi connectivity index (χ1) is 13.9. The molecule has 2 aliphatic heterocycles. The highest BCUT2D eigenvalue weighted by atomic mass is 15.5. The molecule has 0 saturated heterocycles. The highest BCUT2D eigenvalue weighted by molar-refractivity contribution is 6.18. The molecule has 0 fully saturated rings. The van der Waals surface area contributed by atoms with E-state index in [4.69, 9.17) is 4.99 Å². The van der Waals surface area contributed by atoms with Crippen LogP contribution in [0.3, 0.4) is 0 Å². The third-order valence-corrected chi connectivity index (χ3v) is 5.13. The van der Waals surface area contributed by atoms with Crippen LogP contribution in [-0.4, -0.2) is 43.9 Å². The van der Waals surface area contributed by atoms with E-state index in [1.165, 1.54) is 0 Å². The Morgan fingerprint density at radius 2 is 1.50 bits per heavy atom. The van der Waals surface area contributed by atoms with E-state index in [0.29, 0.717) is 0 Å². The standard InChI is InChI=1S/C21H15N7/c1-3-7-14(8-4-1)16-17-19-22-11-12-27(19)21-26-23-13-28(21)20(17)25-24-18(16)15-9-5-2-6-10-15/h1-10,13H,11-12H2. The van der Waals surface area contributed by atoms with Crippen molar-refractivity contribution < 1.29 is 0 Å². The highest BCUT2D eigenvalue weighted by Crippen LogP contribution is 2.40. The Balaban J connectivity index is 1.74. The van der Waals surface area contributed by atoms with Crippen molar-refractivity contribution in [2.24, 2.45) is 4.99 Å². The van der Waals surface area contributed by atoms with Gasteiger partial charge in [0.25, 0.3) is 0 Å². The molecule has 7 nitrogen and oxygen atoms in total. The number of benzene rings is 2. The van der Waals surface area contributed by atoms with Gasteiger partial charge in [-0.15, -0.1) is 20.4 Å². The van der Waals surface area contributed by atoms with E-state index in [1.807, 2.05) is 41.0 Å². The Bertz CT molecular complexity index is 1210.